The Morgan fingerprint density at radius 3 is 2.42 bits per heavy atom. The van der Waals surface area contributed by atoms with Gasteiger partial charge in [-0.1, -0.05) is 29.3 Å². The summed E-state index contributed by atoms with van der Waals surface area (Å²) in [5.41, 5.74) is 2.63. The molecule has 0 bridgehead atoms. The molecule has 0 radical (unpaired) electrons. The molecule has 33 heavy (non-hydrogen) atoms. The number of carbonyl (C=O) groups excluding carboxylic acids is 1. The highest BCUT2D eigenvalue weighted by atomic mass is 35.5. The lowest BCUT2D eigenvalue weighted by Crippen LogP contribution is -2.34. The van der Waals surface area contributed by atoms with Crippen molar-refractivity contribution in [3.63, 3.8) is 0 Å². The summed E-state index contributed by atoms with van der Waals surface area (Å²) in [6.07, 6.45) is 0. The van der Waals surface area contributed by atoms with Crippen LogP contribution in [0.3, 0.4) is 0 Å². The fourth-order valence-electron chi connectivity index (χ4n) is 3.19. The van der Waals surface area contributed by atoms with Crippen LogP contribution in [-0.4, -0.2) is 30.2 Å². The monoisotopic (exact) mass is 501 g/mol. The van der Waals surface area contributed by atoms with Crippen LogP contribution in [0.2, 0.25) is 10.0 Å². The molecule has 0 aliphatic heterocycles. The van der Waals surface area contributed by atoms with Gasteiger partial charge in [-0.25, -0.2) is 4.98 Å². The van der Waals surface area contributed by atoms with Gasteiger partial charge in [-0.2, -0.15) is 0 Å². The number of hydrogen-bond acceptors (Lipinski definition) is 6. The predicted octanol–water partition coefficient (Wildman–Crippen LogP) is 5.95. The fraction of sp³-hybridized carbons (Fsp3) is 0.0870. The molecule has 0 spiro atoms. The maximum Gasteiger partial charge on any atom is 0.264 e. The zero-order valence-electron chi connectivity index (χ0n) is 17.4. The Morgan fingerprint density at radius 1 is 1.03 bits per heavy atom. The van der Waals surface area contributed by atoms with E-state index in [1.165, 1.54) is 14.2 Å². The molecule has 0 saturated heterocycles. The first-order chi connectivity index (χ1) is 15.9. The number of benzene rings is 3. The number of nitrogens with one attached hydrogen (secondary N) is 2. The molecule has 0 aliphatic rings. The van der Waals surface area contributed by atoms with Crippen LogP contribution in [0.1, 0.15) is 10.4 Å². The Balaban J connectivity index is 1.52. The molecule has 0 aliphatic carbocycles. The number of hydrogen-bond donors (Lipinski definition) is 2. The minimum Gasteiger partial charge on any atom is -0.496 e. The fourth-order valence-corrected chi connectivity index (χ4v) is 3.89. The van der Waals surface area contributed by atoms with Crippen molar-refractivity contribution in [2.45, 2.75) is 0 Å². The van der Waals surface area contributed by atoms with Crippen LogP contribution in [0.25, 0.3) is 22.6 Å². The Kier molecular flexibility index (Phi) is 6.69. The summed E-state index contributed by atoms with van der Waals surface area (Å²) >= 11 is 17.5. The number of fused-ring (bicyclic) bond motifs is 1. The van der Waals surface area contributed by atoms with E-state index in [9.17, 15) is 4.79 Å². The molecule has 1 amide bonds. The van der Waals surface area contributed by atoms with Crippen molar-refractivity contribution in [3.05, 3.63) is 70.2 Å². The summed E-state index contributed by atoms with van der Waals surface area (Å²) in [5, 5.41) is 6.65. The molecule has 0 saturated carbocycles. The van der Waals surface area contributed by atoms with Crippen LogP contribution in [0.15, 0.2) is 59.0 Å². The average molecular weight is 502 g/mol. The van der Waals surface area contributed by atoms with E-state index in [1.807, 2.05) is 0 Å². The van der Waals surface area contributed by atoms with Gasteiger partial charge in [0.05, 0.1) is 24.8 Å². The summed E-state index contributed by atoms with van der Waals surface area (Å²) in [5.74, 6) is 0.631. The Bertz CT molecular complexity index is 1350. The topological polar surface area (TPSA) is 85.6 Å². The van der Waals surface area contributed by atoms with Gasteiger partial charge in [-0.05, 0) is 60.7 Å². The minimum absolute atomic E-state index is 0.0942. The van der Waals surface area contributed by atoms with E-state index in [2.05, 4.69) is 15.6 Å². The van der Waals surface area contributed by atoms with Crippen molar-refractivity contribution < 1.29 is 18.7 Å². The van der Waals surface area contributed by atoms with Crippen LogP contribution < -0.4 is 20.1 Å². The van der Waals surface area contributed by atoms with Crippen molar-refractivity contribution in [1.82, 2.24) is 10.3 Å². The van der Waals surface area contributed by atoms with E-state index in [4.69, 9.17) is 49.3 Å². The van der Waals surface area contributed by atoms with Gasteiger partial charge in [-0.15, -0.1) is 0 Å². The highest BCUT2D eigenvalue weighted by Gasteiger charge is 2.19. The number of halogens is 2. The number of carbonyl (C=O) groups is 1. The van der Waals surface area contributed by atoms with Crippen LogP contribution >= 0.6 is 35.4 Å². The predicted molar refractivity (Wildman–Crippen MR) is 133 cm³/mol. The second-order valence-corrected chi connectivity index (χ2v) is 8.02. The Morgan fingerprint density at radius 2 is 1.76 bits per heavy atom. The summed E-state index contributed by atoms with van der Waals surface area (Å²) in [7, 11) is 2.95. The largest absolute Gasteiger partial charge is 0.496 e. The number of rotatable bonds is 5. The minimum atomic E-state index is -0.469. The molecule has 4 rings (SSSR count). The van der Waals surface area contributed by atoms with E-state index >= 15 is 0 Å². The summed E-state index contributed by atoms with van der Waals surface area (Å²) in [6.45, 7) is 0. The number of nitrogens with zero attached hydrogens (tertiary/aromatic N) is 1. The average Bonchev–Trinajstić information content (AvgIpc) is 3.21. The third-order valence-corrected chi connectivity index (χ3v) is 5.44. The molecule has 0 fully saturated rings. The zero-order chi connectivity index (χ0) is 23.5. The van der Waals surface area contributed by atoms with Gasteiger partial charge < -0.3 is 19.2 Å². The quantitative estimate of drug-likeness (QED) is 0.327. The third kappa shape index (κ3) is 4.88. The second-order valence-electron chi connectivity index (χ2n) is 6.77. The molecule has 1 aromatic heterocycles. The van der Waals surface area contributed by atoms with Gasteiger partial charge in [0.15, 0.2) is 10.7 Å². The highest BCUT2D eigenvalue weighted by molar-refractivity contribution is 7.80. The first kappa shape index (κ1) is 22.8. The number of methoxy groups -OCH3 is 2. The van der Waals surface area contributed by atoms with Gasteiger partial charge in [0.25, 0.3) is 5.91 Å². The number of aromatic nitrogens is 1. The first-order valence-corrected chi connectivity index (χ1v) is 10.8. The van der Waals surface area contributed by atoms with E-state index in [0.29, 0.717) is 49.8 Å². The van der Waals surface area contributed by atoms with Crippen molar-refractivity contribution in [2.75, 3.05) is 19.5 Å². The first-order valence-electron chi connectivity index (χ1n) is 9.59. The van der Waals surface area contributed by atoms with E-state index in [-0.39, 0.29) is 10.7 Å². The van der Waals surface area contributed by atoms with Gasteiger partial charge in [0, 0.05) is 10.7 Å². The molecule has 0 unspecified atom stereocenters. The SMILES string of the molecule is COc1cccc(OC)c1C(=O)NC(=S)Nc1ccc2oc(-c3ccc(Cl)cc3Cl)nc2c1. The number of amides is 1. The van der Waals surface area contributed by atoms with Gasteiger partial charge >= 0.3 is 0 Å². The number of anilines is 1. The van der Waals surface area contributed by atoms with Crippen LogP contribution in [0, 0.1) is 0 Å². The van der Waals surface area contributed by atoms with E-state index < -0.39 is 5.91 Å². The van der Waals surface area contributed by atoms with E-state index in [0.717, 1.165) is 0 Å². The molecular formula is C23H17Cl2N3O4S. The molecule has 168 valence electrons. The summed E-state index contributed by atoms with van der Waals surface area (Å²) < 4.78 is 16.4. The van der Waals surface area contributed by atoms with Crippen molar-refractivity contribution in [1.29, 1.82) is 0 Å². The van der Waals surface area contributed by atoms with Crippen LogP contribution in [0.5, 0.6) is 11.5 Å². The number of ether oxygens (including phenoxy) is 2. The standard InChI is InChI=1S/C23H17Cl2N3O4S/c1-30-18-4-3-5-19(31-2)20(18)21(29)28-23(33)26-13-7-9-17-16(11-13)27-22(32-17)14-8-6-12(24)10-15(14)25/h3-11H,1-2H3,(H2,26,28,29,33). The molecule has 4 aromatic rings. The summed E-state index contributed by atoms with van der Waals surface area (Å²) in [6, 6.07) is 15.4. The maximum absolute atomic E-state index is 12.8. The Hall–Kier alpha value is -3.33. The van der Waals surface area contributed by atoms with Crippen molar-refractivity contribution in [2.24, 2.45) is 0 Å². The van der Waals surface area contributed by atoms with Crippen molar-refractivity contribution in [3.8, 4) is 23.0 Å². The molecule has 2 N–H and O–H groups in total. The number of thiocarbonyl (C=S) groups is 1. The smallest absolute Gasteiger partial charge is 0.264 e. The molecule has 0 atom stereocenters. The highest BCUT2D eigenvalue weighted by Crippen LogP contribution is 2.32. The lowest BCUT2D eigenvalue weighted by Gasteiger charge is -2.14. The lowest BCUT2D eigenvalue weighted by molar-refractivity contribution is 0.0971. The third-order valence-electron chi connectivity index (χ3n) is 4.69. The van der Waals surface area contributed by atoms with Gasteiger partial charge in [0.2, 0.25) is 5.89 Å². The van der Waals surface area contributed by atoms with Crippen LogP contribution in [-0.2, 0) is 0 Å². The normalized spacial score (nSPS) is 10.7. The number of oxazole rings is 1. The maximum atomic E-state index is 12.8. The van der Waals surface area contributed by atoms with Crippen LogP contribution in [0.4, 0.5) is 5.69 Å². The second kappa shape index (κ2) is 9.66. The molecule has 7 nitrogen and oxygen atoms in total. The van der Waals surface area contributed by atoms with Gasteiger partial charge in [0.1, 0.15) is 22.6 Å². The molecule has 3 aromatic carbocycles. The molecule has 1 heterocycles. The van der Waals surface area contributed by atoms with E-state index in [1.54, 1.807) is 54.6 Å². The Labute approximate surface area is 204 Å². The molecule has 10 heteroatoms. The summed E-state index contributed by atoms with van der Waals surface area (Å²) in [4.78, 5) is 17.3. The zero-order valence-corrected chi connectivity index (χ0v) is 19.8. The lowest BCUT2D eigenvalue weighted by atomic mass is 10.1. The van der Waals surface area contributed by atoms with Gasteiger partial charge in [-0.3, -0.25) is 10.1 Å². The van der Waals surface area contributed by atoms with Crippen molar-refractivity contribution >= 4 is 63.2 Å². The molecular weight excluding hydrogens is 485 g/mol.